The molecule has 3 heteroatoms. The second-order valence-electron chi connectivity index (χ2n) is 5.36. The van der Waals surface area contributed by atoms with Crippen molar-refractivity contribution in [1.29, 1.82) is 0 Å². The van der Waals surface area contributed by atoms with Gasteiger partial charge < -0.3 is 0 Å². The van der Waals surface area contributed by atoms with E-state index in [1.54, 1.807) is 6.08 Å². The first-order valence-corrected chi connectivity index (χ1v) is 7.05. The largest absolute Gasteiger partial charge is 0.204 e. The predicted octanol–water partition coefficient (Wildman–Crippen LogP) is 5.50. The fraction of sp³-hybridized carbons (Fsp3) is 0.412. The predicted molar refractivity (Wildman–Crippen MR) is 75.6 cm³/mol. The van der Waals surface area contributed by atoms with Gasteiger partial charge in [0.25, 0.3) is 0 Å². The van der Waals surface area contributed by atoms with E-state index in [2.05, 4.69) is 12.2 Å². The second kappa shape index (κ2) is 6.78. The van der Waals surface area contributed by atoms with Gasteiger partial charge in [-0.2, -0.15) is 0 Å². The Kier molecular flexibility index (Phi) is 5.05. The number of benzene rings is 1. The average molecular weight is 280 g/mol. The molecule has 2 rings (SSSR count). The maximum absolute atomic E-state index is 13.1. The highest BCUT2D eigenvalue weighted by Crippen LogP contribution is 2.30. The number of hydrogen-bond donors (Lipinski definition) is 0. The Bertz CT molecular complexity index is 486. The van der Waals surface area contributed by atoms with E-state index < -0.39 is 17.5 Å². The fourth-order valence-electron chi connectivity index (χ4n) is 2.72. The Hall–Kier alpha value is -1.51. The van der Waals surface area contributed by atoms with Crippen molar-refractivity contribution in [2.75, 3.05) is 0 Å². The summed E-state index contributed by atoms with van der Waals surface area (Å²) in [7, 11) is 0. The zero-order chi connectivity index (χ0) is 14.5. The molecule has 1 aromatic rings. The molecule has 0 radical (unpaired) electrons. The van der Waals surface area contributed by atoms with E-state index in [0.29, 0.717) is 17.4 Å². The van der Waals surface area contributed by atoms with E-state index in [4.69, 9.17) is 0 Å². The van der Waals surface area contributed by atoms with Gasteiger partial charge in [-0.3, -0.25) is 0 Å². The lowest BCUT2D eigenvalue weighted by atomic mass is 9.81. The van der Waals surface area contributed by atoms with Crippen molar-refractivity contribution in [3.05, 3.63) is 53.4 Å². The first kappa shape index (κ1) is 14.9. The highest BCUT2D eigenvalue weighted by molar-refractivity contribution is 5.49. The molecule has 1 saturated carbocycles. The summed E-state index contributed by atoms with van der Waals surface area (Å²) in [6, 6.07) is 2.06. The maximum atomic E-state index is 13.1. The van der Waals surface area contributed by atoms with Crippen LogP contribution in [0.15, 0.2) is 30.4 Å². The summed E-state index contributed by atoms with van der Waals surface area (Å²) in [5.41, 5.74) is 0.372. The summed E-state index contributed by atoms with van der Waals surface area (Å²) in [5, 5.41) is 0. The monoisotopic (exact) mass is 280 g/mol. The lowest BCUT2D eigenvalue weighted by Crippen LogP contribution is -2.11. The first-order valence-electron chi connectivity index (χ1n) is 7.05. The van der Waals surface area contributed by atoms with Crippen LogP contribution < -0.4 is 0 Å². The SMILES string of the molecule is CC=CC1CCC(C=Cc2cc(F)c(F)c(F)c2)CC1. The van der Waals surface area contributed by atoms with Gasteiger partial charge >= 0.3 is 0 Å². The molecule has 0 bridgehead atoms. The lowest BCUT2D eigenvalue weighted by molar-refractivity contribution is 0.357. The number of allylic oxidation sites excluding steroid dienone is 3. The van der Waals surface area contributed by atoms with E-state index in [-0.39, 0.29) is 0 Å². The van der Waals surface area contributed by atoms with Crippen molar-refractivity contribution in [3.63, 3.8) is 0 Å². The maximum Gasteiger partial charge on any atom is 0.194 e. The average Bonchev–Trinajstić information content (AvgIpc) is 2.44. The molecule has 0 N–H and O–H groups in total. The van der Waals surface area contributed by atoms with E-state index in [0.717, 1.165) is 37.8 Å². The molecular formula is C17H19F3. The number of hydrogen-bond acceptors (Lipinski definition) is 0. The Labute approximate surface area is 118 Å². The molecule has 1 fully saturated rings. The molecule has 0 unspecified atom stereocenters. The molecule has 0 nitrogen and oxygen atoms in total. The smallest absolute Gasteiger partial charge is 0.194 e. The minimum absolute atomic E-state index is 0.372. The molecule has 1 aliphatic rings. The minimum Gasteiger partial charge on any atom is -0.204 e. The third kappa shape index (κ3) is 3.75. The quantitative estimate of drug-likeness (QED) is 0.506. The lowest BCUT2D eigenvalue weighted by Gasteiger charge is -2.24. The summed E-state index contributed by atoms with van der Waals surface area (Å²) >= 11 is 0. The van der Waals surface area contributed by atoms with Crippen LogP contribution in [0.2, 0.25) is 0 Å². The van der Waals surface area contributed by atoms with Crippen LogP contribution in [0.3, 0.4) is 0 Å². The fourth-order valence-corrected chi connectivity index (χ4v) is 2.72. The zero-order valence-electron chi connectivity index (χ0n) is 11.6. The summed E-state index contributed by atoms with van der Waals surface area (Å²) in [6.45, 7) is 2.03. The molecule has 0 atom stereocenters. The van der Waals surface area contributed by atoms with E-state index in [1.165, 1.54) is 0 Å². The van der Waals surface area contributed by atoms with Crippen LogP contribution in [-0.2, 0) is 0 Å². The van der Waals surface area contributed by atoms with Crippen LogP contribution in [0.1, 0.15) is 38.2 Å². The Morgan fingerprint density at radius 1 is 0.900 bits per heavy atom. The van der Waals surface area contributed by atoms with Crippen LogP contribution in [0.25, 0.3) is 6.08 Å². The van der Waals surface area contributed by atoms with Crippen molar-refractivity contribution in [2.24, 2.45) is 11.8 Å². The Morgan fingerprint density at radius 2 is 1.40 bits per heavy atom. The molecule has 0 spiro atoms. The van der Waals surface area contributed by atoms with Crippen LogP contribution in [0, 0.1) is 29.3 Å². The minimum atomic E-state index is -1.41. The van der Waals surface area contributed by atoms with Crippen molar-refractivity contribution in [1.82, 2.24) is 0 Å². The van der Waals surface area contributed by atoms with Crippen LogP contribution >= 0.6 is 0 Å². The van der Waals surface area contributed by atoms with E-state index in [1.807, 2.05) is 13.0 Å². The normalized spacial score (nSPS) is 23.8. The van der Waals surface area contributed by atoms with Crippen molar-refractivity contribution in [2.45, 2.75) is 32.6 Å². The van der Waals surface area contributed by atoms with Gasteiger partial charge in [-0.25, -0.2) is 13.2 Å². The van der Waals surface area contributed by atoms with Gasteiger partial charge in [0.15, 0.2) is 17.5 Å². The molecular weight excluding hydrogens is 261 g/mol. The van der Waals surface area contributed by atoms with Crippen molar-refractivity contribution >= 4 is 6.08 Å². The molecule has 1 aliphatic carbocycles. The van der Waals surface area contributed by atoms with Gasteiger partial charge in [0.1, 0.15) is 0 Å². The van der Waals surface area contributed by atoms with E-state index in [9.17, 15) is 13.2 Å². The third-order valence-electron chi connectivity index (χ3n) is 3.85. The third-order valence-corrected chi connectivity index (χ3v) is 3.85. The van der Waals surface area contributed by atoms with Crippen molar-refractivity contribution in [3.8, 4) is 0 Å². The van der Waals surface area contributed by atoms with Crippen molar-refractivity contribution < 1.29 is 13.2 Å². The van der Waals surface area contributed by atoms with Gasteiger partial charge in [0, 0.05) is 0 Å². The molecule has 108 valence electrons. The number of halogens is 3. The molecule has 0 amide bonds. The Balaban J connectivity index is 1.97. The van der Waals surface area contributed by atoms with Gasteiger partial charge in [-0.15, -0.1) is 0 Å². The van der Waals surface area contributed by atoms with Gasteiger partial charge in [0.05, 0.1) is 0 Å². The standard InChI is InChI=1S/C17H19F3/c1-2-3-12-4-6-13(7-5-12)8-9-14-10-15(18)17(20)16(19)11-14/h2-3,8-13H,4-7H2,1H3. The topological polar surface area (TPSA) is 0 Å². The van der Waals surface area contributed by atoms with Gasteiger partial charge in [-0.05, 0) is 62.1 Å². The molecule has 0 aliphatic heterocycles. The molecule has 0 heterocycles. The molecule has 0 saturated heterocycles. The summed E-state index contributed by atoms with van der Waals surface area (Å²) in [5.74, 6) is -2.59. The molecule has 1 aromatic carbocycles. The Morgan fingerprint density at radius 3 is 1.90 bits per heavy atom. The summed E-state index contributed by atoms with van der Waals surface area (Å²) in [6.07, 6.45) is 12.5. The summed E-state index contributed by atoms with van der Waals surface area (Å²) < 4.78 is 39.0. The first-order chi connectivity index (χ1) is 9.60. The van der Waals surface area contributed by atoms with E-state index >= 15 is 0 Å². The van der Waals surface area contributed by atoms with Gasteiger partial charge in [-0.1, -0.05) is 24.3 Å². The highest BCUT2D eigenvalue weighted by atomic mass is 19.2. The highest BCUT2D eigenvalue weighted by Gasteiger charge is 2.17. The van der Waals surface area contributed by atoms with Gasteiger partial charge in [0.2, 0.25) is 0 Å². The van der Waals surface area contributed by atoms with Crippen LogP contribution in [-0.4, -0.2) is 0 Å². The number of rotatable bonds is 3. The zero-order valence-corrected chi connectivity index (χ0v) is 11.6. The summed E-state index contributed by atoms with van der Waals surface area (Å²) in [4.78, 5) is 0. The second-order valence-corrected chi connectivity index (χ2v) is 5.36. The van der Waals surface area contributed by atoms with Crippen LogP contribution in [0.5, 0.6) is 0 Å². The molecule has 0 aromatic heterocycles. The van der Waals surface area contributed by atoms with Crippen LogP contribution in [0.4, 0.5) is 13.2 Å². The molecule has 20 heavy (non-hydrogen) atoms.